The fourth-order valence-corrected chi connectivity index (χ4v) is 2.72. The molecule has 25 heavy (non-hydrogen) atoms. The summed E-state index contributed by atoms with van der Waals surface area (Å²) in [5, 5.41) is 3.77. The van der Waals surface area contributed by atoms with Crippen molar-refractivity contribution in [2.45, 2.75) is 26.2 Å². The predicted octanol–water partition coefficient (Wildman–Crippen LogP) is 4.40. The van der Waals surface area contributed by atoms with Crippen LogP contribution in [0.1, 0.15) is 35.7 Å². The van der Waals surface area contributed by atoms with Gasteiger partial charge >= 0.3 is 0 Å². The van der Waals surface area contributed by atoms with E-state index in [0.717, 1.165) is 23.0 Å². The normalized spacial score (nSPS) is 10.6. The third kappa shape index (κ3) is 4.10. The summed E-state index contributed by atoms with van der Waals surface area (Å²) >= 11 is 0. The van der Waals surface area contributed by atoms with Crippen LogP contribution in [-0.2, 0) is 11.2 Å². The van der Waals surface area contributed by atoms with Crippen LogP contribution >= 0.6 is 0 Å². The summed E-state index contributed by atoms with van der Waals surface area (Å²) in [5.41, 5.74) is 3.39. The van der Waals surface area contributed by atoms with E-state index in [1.165, 1.54) is 5.56 Å². The molecule has 4 heteroatoms. The molecule has 3 rings (SSSR count). The first-order valence-corrected chi connectivity index (χ1v) is 8.43. The summed E-state index contributed by atoms with van der Waals surface area (Å²) in [4.78, 5) is 28.7. The zero-order valence-corrected chi connectivity index (χ0v) is 14.2. The maximum Gasteiger partial charge on any atom is 0.224 e. The fraction of sp³-hybridized carbons (Fsp3) is 0.190. The number of aryl methyl sites for hydroxylation is 1. The molecule has 2 aromatic carbocycles. The summed E-state index contributed by atoms with van der Waals surface area (Å²) < 4.78 is 0. The number of benzene rings is 2. The van der Waals surface area contributed by atoms with Gasteiger partial charge in [0, 0.05) is 30.0 Å². The molecule has 0 saturated carbocycles. The second-order valence-corrected chi connectivity index (χ2v) is 5.90. The molecule has 126 valence electrons. The lowest BCUT2D eigenvalue weighted by atomic mass is 10.0. The second-order valence-electron chi connectivity index (χ2n) is 5.90. The van der Waals surface area contributed by atoms with Crippen molar-refractivity contribution in [2.24, 2.45) is 0 Å². The highest BCUT2D eigenvalue weighted by Gasteiger charge is 2.11. The molecule has 0 fully saturated rings. The van der Waals surface area contributed by atoms with E-state index in [2.05, 4.69) is 17.2 Å². The van der Waals surface area contributed by atoms with Crippen molar-refractivity contribution in [2.75, 3.05) is 5.32 Å². The number of nitrogens with zero attached hydrogens (tertiary/aromatic N) is 1. The number of ketones is 1. The monoisotopic (exact) mass is 332 g/mol. The molecular formula is C21H20N2O2. The van der Waals surface area contributed by atoms with Crippen molar-refractivity contribution in [1.29, 1.82) is 0 Å². The quantitative estimate of drug-likeness (QED) is 0.681. The highest BCUT2D eigenvalue weighted by molar-refractivity contribution is 6.03. The molecule has 1 amide bonds. The number of aromatic nitrogens is 1. The molecule has 0 radical (unpaired) electrons. The van der Waals surface area contributed by atoms with E-state index in [1.54, 1.807) is 6.20 Å². The second kappa shape index (κ2) is 7.71. The minimum absolute atomic E-state index is 0.0163. The third-order valence-corrected chi connectivity index (χ3v) is 4.18. The number of hydrogen-bond acceptors (Lipinski definition) is 3. The minimum atomic E-state index is -0.171. The lowest BCUT2D eigenvalue weighted by molar-refractivity contribution is -0.116. The minimum Gasteiger partial charge on any atom is -0.325 e. The molecule has 3 aromatic rings. The molecular weight excluding hydrogens is 312 g/mol. The lowest BCUT2D eigenvalue weighted by Gasteiger charge is -2.08. The van der Waals surface area contributed by atoms with E-state index in [4.69, 9.17) is 0 Å². The Kier molecular flexibility index (Phi) is 5.19. The smallest absolute Gasteiger partial charge is 0.224 e. The summed E-state index contributed by atoms with van der Waals surface area (Å²) in [6, 6.07) is 16.9. The van der Waals surface area contributed by atoms with Gasteiger partial charge in [-0.2, -0.15) is 0 Å². The first kappa shape index (κ1) is 16.8. The zero-order valence-electron chi connectivity index (χ0n) is 14.2. The fourth-order valence-electron chi connectivity index (χ4n) is 2.72. The largest absolute Gasteiger partial charge is 0.325 e. The highest BCUT2D eigenvalue weighted by atomic mass is 16.2. The Bertz CT molecular complexity index is 896. The zero-order chi connectivity index (χ0) is 17.6. The Morgan fingerprint density at radius 3 is 2.52 bits per heavy atom. The van der Waals surface area contributed by atoms with Crippen molar-refractivity contribution in [3.8, 4) is 0 Å². The molecule has 0 aliphatic carbocycles. The average Bonchev–Trinajstić information content (AvgIpc) is 2.66. The Labute approximate surface area is 146 Å². The highest BCUT2D eigenvalue weighted by Crippen LogP contribution is 2.21. The van der Waals surface area contributed by atoms with Crippen LogP contribution in [0.2, 0.25) is 0 Å². The van der Waals surface area contributed by atoms with Crippen molar-refractivity contribution >= 4 is 28.3 Å². The molecule has 0 bridgehead atoms. The number of anilines is 1. The molecule has 0 atom stereocenters. The lowest BCUT2D eigenvalue weighted by Crippen LogP contribution is -2.13. The SMILES string of the molecule is CCc1ccc(C(=O)CCC(=O)Nc2cccc3ncccc23)cc1. The van der Waals surface area contributed by atoms with Gasteiger partial charge in [0.25, 0.3) is 0 Å². The number of nitrogens with one attached hydrogen (secondary N) is 1. The number of hydrogen-bond donors (Lipinski definition) is 1. The summed E-state index contributed by atoms with van der Waals surface area (Å²) in [5.74, 6) is -0.188. The van der Waals surface area contributed by atoms with Gasteiger partial charge in [-0.15, -0.1) is 0 Å². The van der Waals surface area contributed by atoms with Gasteiger partial charge in [0.15, 0.2) is 5.78 Å². The third-order valence-electron chi connectivity index (χ3n) is 4.18. The number of Topliss-reactive ketones (excluding diaryl/α,β-unsaturated/α-hetero) is 1. The maximum absolute atomic E-state index is 12.2. The van der Waals surface area contributed by atoms with Gasteiger partial charge in [0.1, 0.15) is 0 Å². The Morgan fingerprint density at radius 2 is 1.76 bits per heavy atom. The molecule has 0 aliphatic rings. The van der Waals surface area contributed by atoms with Crippen LogP contribution in [0.3, 0.4) is 0 Å². The van der Waals surface area contributed by atoms with E-state index >= 15 is 0 Å². The van der Waals surface area contributed by atoms with Crippen LogP contribution in [-0.4, -0.2) is 16.7 Å². The van der Waals surface area contributed by atoms with Crippen molar-refractivity contribution < 1.29 is 9.59 Å². The Balaban J connectivity index is 1.61. The average molecular weight is 332 g/mol. The predicted molar refractivity (Wildman–Crippen MR) is 99.8 cm³/mol. The molecule has 1 heterocycles. The molecule has 0 aliphatic heterocycles. The van der Waals surface area contributed by atoms with Gasteiger partial charge in [-0.1, -0.05) is 37.3 Å². The molecule has 0 unspecified atom stereocenters. The van der Waals surface area contributed by atoms with E-state index < -0.39 is 0 Å². The van der Waals surface area contributed by atoms with Gasteiger partial charge in [-0.05, 0) is 36.2 Å². The van der Waals surface area contributed by atoms with Crippen LogP contribution in [0.15, 0.2) is 60.8 Å². The van der Waals surface area contributed by atoms with Crippen molar-refractivity contribution in [3.05, 3.63) is 71.9 Å². The van der Waals surface area contributed by atoms with E-state index in [9.17, 15) is 9.59 Å². The van der Waals surface area contributed by atoms with Crippen LogP contribution in [0, 0.1) is 0 Å². The van der Waals surface area contributed by atoms with Gasteiger partial charge in [0.2, 0.25) is 5.91 Å². The summed E-state index contributed by atoms with van der Waals surface area (Å²) in [6.07, 6.45) is 3.01. The molecule has 4 nitrogen and oxygen atoms in total. The summed E-state index contributed by atoms with van der Waals surface area (Å²) in [6.45, 7) is 2.07. The molecule has 0 saturated heterocycles. The number of carbonyl (C=O) groups excluding carboxylic acids is 2. The van der Waals surface area contributed by atoms with Gasteiger partial charge in [0.05, 0.1) is 11.2 Å². The number of amides is 1. The van der Waals surface area contributed by atoms with Gasteiger partial charge < -0.3 is 5.32 Å². The number of rotatable bonds is 6. The van der Waals surface area contributed by atoms with Gasteiger partial charge in [-0.3, -0.25) is 14.6 Å². The van der Waals surface area contributed by atoms with E-state index in [1.807, 2.05) is 54.6 Å². The summed E-state index contributed by atoms with van der Waals surface area (Å²) in [7, 11) is 0. The number of fused-ring (bicyclic) bond motifs is 1. The number of pyridine rings is 1. The van der Waals surface area contributed by atoms with E-state index in [0.29, 0.717) is 5.56 Å². The molecule has 1 N–H and O–H groups in total. The van der Waals surface area contributed by atoms with Crippen molar-refractivity contribution in [3.63, 3.8) is 0 Å². The standard InChI is InChI=1S/C21H20N2O2/c1-2-15-8-10-16(11-9-15)20(24)12-13-21(25)23-19-7-3-6-18-17(19)5-4-14-22-18/h3-11,14H,2,12-13H2,1H3,(H,23,25). The van der Waals surface area contributed by atoms with Crippen molar-refractivity contribution in [1.82, 2.24) is 4.98 Å². The first-order valence-electron chi connectivity index (χ1n) is 8.43. The molecule has 1 aromatic heterocycles. The number of carbonyl (C=O) groups is 2. The Morgan fingerprint density at radius 1 is 0.960 bits per heavy atom. The van der Waals surface area contributed by atoms with Crippen LogP contribution in [0.25, 0.3) is 10.9 Å². The van der Waals surface area contributed by atoms with E-state index in [-0.39, 0.29) is 24.5 Å². The van der Waals surface area contributed by atoms with Crippen LogP contribution in [0.5, 0.6) is 0 Å². The van der Waals surface area contributed by atoms with Crippen LogP contribution < -0.4 is 5.32 Å². The molecule has 0 spiro atoms. The Hall–Kier alpha value is -3.01. The van der Waals surface area contributed by atoms with Gasteiger partial charge in [-0.25, -0.2) is 0 Å². The van der Waals surface area contributed by atoms with Crippen LogP contribution in [0.4, 0.5) is 5.69 Å². The first-order chi connectivity index (χ1) is 12.2. The topological polar surface area (TPSA) is 59.1 Å². The maximum atomic E-state index is 12.2.